The van der Waals surface area contributed by atoms with E-state index in [4.69, 9.17) is 4.74 Å². The van der Waals surface area contributed by atoms with E-state index in [0.717, 1.165) is 29.7 Å². The summed E-state index contributed by atoms with van der Waals surface area (Å²) < 4.78 is 7.42. The predicted molar refractivity (Wildman–Crippen MR) is 118 cm³/mol. The molecule has 0 atom stereocenters. The van der Waals surface area contributed by atoms with Gasteiger partial charge in [0.25, 0.3) is 0 Å². The van der Waals surface area contributed by atoms with Crippen LogP contribution in [0.1, 0.15) is 63.8 Å². The number of benzene rings is 2. The number of hydrogen-bond donors (Lipinski definition) is 0. The summed E-state index contributed by atoms with van der Waals surface area (Å²) in [6.07, 6.45) is 1.04. The van der Waals surface area contributed by atoms with Crippen molar-refractivity contribution in [1.82, 2.24) is 4.90 Å². The number of fused-ring (bicyclic) bond motifs is 1. The van der Waals surface area contributed by atoms with Gasteiger partial charge in [-0.1, -0.05) is 81.7 Å². The third-order valence-corrected chi connectivity index (χ3v) is 5.78. The van der Waals surface area contributed by atoms with Crippen LogP contribution in [0, 0.1) is 0 Å². The normalized spacial score (nSPS) is 15.4. The molecule has 3 rings (SSSR count). The highest BCUT2D eigenvalue weighted by Crippen LogP contribution is 2.40. The van der Waals surface area contributed by atoms with Gasteiger partial charge >= 0.3 is 0 Å². The number of nitrogens with zero attached hydrogens (tertiary/aromatic N) is 1. The molecule has 0 radical (unpaired) electrons. The van der Waals surface area contributed by atoms with Gasteiger partial charge < -0.3 is 4.74 Å². The molecular weight excluding hydrogens is 398 g/mol. The first-order chi connectivity index (χ1) is 12.5. The van der Waals surface area contributed by atoms with Crippen molar-refractivity contribution in [3.8, 4) is 5.75 Å². The number of rotatable bonds is 3. The fraction of sp³-hybridized carbons (Fsp3) is 0.500. The minimum atomic E-state index is 0.0743. The molecule has 0 aliphatic carbocycles. The monoisotopic (exact) mass is 429 g/mol. The molecule has 2 aromatic rings. The van der Waals surface area contributed by atoms with Crippen molar-refractivity contribution in [2.24, 2.45) is 0 Å². The molecule has 1 aliphatic rings. The topological polar surface area (TPSA) is 12.5 Å². The summed E-state index contributed by atoms with van der Waals surface area (Å²) in [5, 5.41) is 0. The maximum Gasteiger partial charge on any atom is 0.142 e. The first-order valence-corrected chi connectivity index (χ1v) is 10.6. The van der Waals surface area contributed by atoms with Gasteiger partial charge in [0.05, 0.1) is 0 Å². The molecule has 0 amide bonds. The van der Waals surface area contributed by atoms with Gasteiger partial charge in [0.15, 0.2) is 0 Å². The average molecular weight is 430 g/mol. The SMILES string of the molecule is CC(C)(C)c1cc2c(c(C(C)(C)C)c1)OCN(CCc1ccc(Br)cc1)C2. The molecule has 0 aromatic heterocycles. The van der Waals surface area contributed by atoms with E-state index in [1.807, 2.05) is 0 Å². The van der Waals surface area contributed by atoms with Crippen molar-refractivity contribution in [2.75, 3.05) is 13.3 Å². The quantitative estimate of drug-likeness (QED) is 0.556. The zero-order valence-corrected chi connectivity index (χ0v) is 19.1. The summed E-state index contributed by atoms with van der Waals surface area (Å²) >= 11 is 3.51. The smallest absolute Gasteiger partial charge is 0.142 e. The minimum absolute atomic E-state index is 0.0743. The van der Waals surface area contributed by atoms with Gasteiger partial charge in [-0.25, -0.2) is 0 Å². The van der Waals surface area contributed by atoms with E-state index in [-0.39, 0.29) is 10.8 Å². The van der Waals surface area contributed by atoms with E-state index >= 15 is 0 Å². The van der Waals surface area contributed by atoms with Gasteiger partial charge in [-0.05, 0) is 40.5 Å². The highest BCUT2D eigenvalue weighted by atomic mass is 79.9. The van der Waals surface area contributed by atoms with Gasteiger partial charge in [-0.3, -0.25) is 4.90 Å². The number of ether oxygens (including phenoxy) is 1. The van der Waals surface area contributed by atoms with Crippen molar-refractivity contribution in [1.29, 1.82) is 0 Å². The average Bonchev–Trinajstić information content (AvgIpc) is 2.58. The third kappa shape index (κ3) is 4.94. The summed E-state index contributed by atoms with van der Waals surface area (Å²) in [6.45, 7) is 16.3. The van der Waals surface area contributed by atoms with Crippen molar-refractivity contribution in [3.63, 3.8) is 0 Å². The second-order valence-corrected chi connectivity index (χ2v) is 10.6. The Morgan fingerprint density at radius 3 is 2.22 bits per heavy atom. The van der Waals surface area contributed by atoms with Crippen LogP contribution < -0.4 is 4.74 Å². The lowest BCUT2D eigenvalue weighted by Crippen LogP contribution is -2.35. The third-order valence-electron chi connectivity index (χ3n) is 5.26. The van der Waals surface area contributed by atoms with Crippen LogP contribution >= 0.6 is 15.9 Å². The molecule has 1 aliphatic heterocycles. The largest absolute Gasteiger partial charge is 0.477 e. The van der Waals surface area contributed by atoms with Crippen LogP contribution in [0.25, 0.3) is 0 Å². The highest BCUT2D eigenvalue weighted by molar-refractivity contribution is 9.10. The van der Waals surface area contributed by atoms with Crippen LogP contribution in [-0.2, 0) is 23.8 Å². The molecule has 146 valence electrons. The van der Waals surface area contributed by atoms with E-state index in [9.17, 15) is 0 Å². The van der Waals surface area contributed by atoms with E-state index in [1.54, 1.807) is 0 Å². The zero-order chi connectivity index (χ0) is 19.8. The Kier molecular flexibility index (Phi) is 5.74. The predicted octanol–water partition coefficient (Wildman–Crippen LogP) is 6.44. The Bertz CT molecular complexity index is 797. The first-order valence-electron chi connectivity index (χ1n) is 9.81. The van der Waals surface area contributed by atoms with Gasteiger partial charge in [-0.2, -0.15) is 0 Å². The maximum absolute atomic E-state index is 6.29. The van der Waals surface area contributed by atoms with Crippen LogP contribution in [0.15, 0.2) is 40.9 Å². The van der Waals surface area contributed by atoms with Gasteiger partial charge in [0.1, 0.15) is 12.5 Å². The van der Waals surface area contributed by atoms with Gasteiger partial charge in [0, 0.05) is 28.7 Å². The van der Waals surface area contributed by atoms with Crippen LogP contribution in [0.2, 0.25) is 0 Å². The second kappa shape index (κ2) is 7.60. The number of halogens is 1. The molecule has 0 fully saturated rings. The lowest BCUT2D eigenvalue weighted by atomic mass is 9.78. The summed E-state index contributed by atoms with van der Waals surface area (Å²) in [5.41, 5.74) is 5.62. The molecule has 1 heterocycles. The van der Waals surface area contributed by atoms with E-state index in [0.29, 0.717) is 6.73 Å². The summed E-state index contributed by atoms with van der Waals surface area (Å²) in [6, 6.07) is 13.3. The lowest BCUT2D eigenvalue weighted by molar-refractivity contribution is 0.0941. The molecule has 0 bridgehead atoms. The van der Waals surface area contributed by atoms with E-state index in [2.05, 4.69) is 98.8 Å². The Morgan fingerprint density at radius 1 is 0.963 bits per heavy atom. The molecule has 2 nitrogen and oxygen atoms in total. The zero-order valence-electron chi connectivity index (χ0n) is 17.5. The molecule has 3 heteroatoms. The summed E-state index contributed by atoms with van der Waals surface area (Å²) in [5.74, 6) is 1.11. The molecule has 27 heavy (non-hydrogen) atoms. The van der Waals surface area contributed by atoms with Crippen LogP contribution in [-0.4, -0.2) is 18.2 Å². The van der Waals surface area contributed by atoms with Gasteiger partial charge in [-0.15, -0.1) is 0 Å². The molecule has 0 saturated carbocycles. The number of hydrogen-bond acceptors (Lipinski definition) is 2. The standard InChI is InChI=1S/C24H32BrNO/c1-23(2,3)19-13-18-15-26(12-11-17-7-9-20(25)10-8-17)16-27-22(18)21(14-19)24(4,5)6/h7-10,13-14H,11-12,15-16H2,1-6H3. The molecule has 0 saturated heterocycles. The maximum atomic E-state index is 6.29. The highest BCUT2D eigenvalue weighted by Gasteiger charge is 2.29. The van der Waals surface area contributed by atoms with Crippen LogP contribution in [0.3, 0.4) is 0 Å². The molecule has 0 spiro atoms. The Hall–Kier alpha value is -1.32. The van der Waals surface area contributed by atoms with Crippen molar-refractivity contribution < 1.29 is 4.74 Å². The fourth-order valence-electron chi connectivity index (χ4n) is 3.49. The van der Waals surface area contributed by atoms with Crippen LogP contribution in [0.5, 0.6) is 5.75 Å². The first kappa shape index (κ1) is 20.4. The minimum Gasteiger partial charge on any atom is -0.477 e. The fourth-order valence-corrected chi connectivity index (χ4v) is 3.76. The van der Waals surface area contributed by atoms with Crippen LogP contribution in [0.4, 0.5) is 0 Å². The summed E-state index contributed by atoms with van der Waals surface area (Å²) in [4.78, 5) is 2.41. The molecular formula is C24H32BrNO. The van der Waals surface area contributed by atoms with E-state index < -0.39 is 0 Å². The lowest BCUT2D eigenvalue weighted by Gasteiger charge is -2.35. The van der Waals surface area contributed by atoms with E-state index in [1.165, 1.54) is 22.3 Å². The van der Waals surface area contributed by atoms with Gasteiger partial charge in [0.2, 0.25) is 0 Å². The molecule has 0 unspecified atom stereocenters. The second-order valence-electron chi connectivity index (χ2n) is 9.71. The summed E-state index contributed by atoms with van der Waals surface area (Å²) in [7, 11) is 0. The Labute approximate surface area is 173 Å². The molecule has 0 N–H and O–H groups in total. The van der Waals surface area contributed by atoms with Crippen molar-refractivity contribution in [3.05, 3.63) is 63.1 Å². The Morgan fingerprint density at radius 2 is 1.63 bits per heavy atom. The molecule has 2 aromatic carbocycles. The van der Waals surface area contributed by atoms with Crippen molar-refractivity contribution >= 4 is 15.9 Å². The van der Waals surface area contributed by atoms with Crippen molar-refractivity contribution in [2.45, 2.75) is 65.3 Å². The Balaban J connectivity index is 1.82.